The van der Waals surface area contributed by atoms with E-state index in [9.17, 15) is 4.79 Å². The number of halogens is 1. The van der Waals surface area contributed by atoms with Crippen LogP contribution in [0.2, 0.25) is 0 Å². The molecule has 0 bridgehead atoms. The number of hydrogen-bond donors (Lipinski definition) is 1. The Balaban J connectivity index is 1.85. The van der Waals surface area contributed by atoms with Gasteiger partial charge < -0.3 is 15.0 Å². The molecular formula is C18H19BrN2O2. The highest BCUT2D eigenvalue weighted by atomic mass is 79.9. The number of nitrogens with one attached hydrogen (secondary N) is 1. The maximum atomic E-state index is 12.5. The van der Waals surface area contributed by atoms with Crippen molar-refractivity contribution in [1.82, 2.24) is 0 Å². The molecule has 120 valence electrons. The molecule has 1 N–H and O–H groups in total. The molecule has 0 atom stereocenters. The maximum absolute atomic E-state index is 12.5. The van der Waals surface area contributed by atoms with Crippen LogP contribution in [0.25, 0.3) is 0 Å². The number of hydrogen-bond acceptors (Lipinski definition) is 3. The van der Waals surface area contributed by atoms with Crippen LogP contribution >= 0.6 is 15.9 Å². The van der Waals surface area contributed by atoms with Crippen LogP contribution in [0.5, 0.6) is 5.75 Å². The Bertz CT molecular complexity index is 712. The highest BCUT2D eigenvalue weighted by Gasteiger charge is 2.16. The van der Waals surface area contributed by atoms with E-state index in [1.54, 1.807) is 19.2 Å². The zero-order chi connectivity index (χ0) is 16.2. The normalized spacial score (nSPS) is 13.9. The zero-order valence-electron chi connectivity index (χ0n) is 13.0. The molecule has 1 amide bonds. The van der Waals surface area contributed by atoms with Gasteiger partial charge in [-0.25, -0.2) is 0 Å². The Labute approximate surface area is 144 Å². The van der Waals surface area contributed by atoms with E-state index in [-0.39, 0.29) is 5.91 Å². The van der Waals surface area contributed by atoms with Crippen molar-refractivity contribution in [3.05, 3.63) is 52.5 Å². The van der Waals surface area contributed by atoms with E-state index in [2.05, 4.69) is 26.1 Å². The lowest BCUT2D eigenvalue weighted by atomic mass is 10.2. The monoisotopic (exact) mass is 374 g/mol. The van der Waals surface area contributed by atoms with Gasteiger partial charge in [-0.05, 0) is 49.2 Å². The Kier molecular flexibility index (Phi) is 4.86. The van der Waals surface area contributed by atoms with Crippen LogP contribution in [0.3, 0.4) is 0 Å². The van der Waals surface area contributed by atoms with Gasteiger partial charge in [0.25, 0.3) is 5.91 Å². The van der Waals surface area contributed by atoms with Crippen molar-refractivity contribution in [2.24, 2.45) is 0 Å². The molecule has 4 nitrogen and oxygen atoms in total. The minimum Gasteiger partial charge on any atom is -0.495 e. The van der Waals surface area contributed by atoms with Gasteiger partial charge in [-0.2, -0.15) is 0 Å². The molecule has 1 heterocycles. The molecule has 23 heavy (non-hydrogen) atoms. The minimum atomic E-state index is -0.150. The number of carbonyl (C=O) groups excluding carboxylic acids is 1. The lowest BCUT2D eigenvalue weighted by Gasteiger charge is -2.20. The van der Waals surface area contributed by atoms with Crippen LogP contribution in [0.15, 0.2) is 46.9 Å². The molecule has 3 rings (SSSR count). The summed E-state index contributed by atoms with van der Waals surface area (Å²) in [4.78, 5) is 14.8. The second kappa shape index (κ2) is 7.04. The third-order valence-corrected chi connectivity index (χ3v) is 4.48. The number of ether oxygens (including phenoxy) is 1. The fraction of sp³-hybridized carbons (Fsp3) is 0.278. The summed E-state index contributed by atoms with van der Waals surface area (Å²) in [5.41, 5.74) is 2.42. The van der Waals surface area contributed by atoms with Crippen molar-refractivity contribution in [2.75, 3.05) is 30.4 Å². The number of carbonyl (C=O) groups is 1. The number of rotatable bonds is 4. The van der Waals surface area contributed by atoms with Gasteiger partial charge in [-0.15, -0.1) is 0 Å². The molecular weight excluding hydrogens is 356 g/mol. The first-order chi connectivity index (χ1) is 11.2. The summed E-state index contributed by atoms with van der Waals surface area (Å²) in [5.74, 6) is 0.513. The first-order valence-electron chi connectivity index (χ1n) is 7.67. The van der Waals surface area contributed by atoms with Crippen LogP contribution in [0.1, 0.15) is 23.2 Å². The van der Waals surface area contributed by atoms with Crippen LogP contribution in [-0.2, 0) is 0 Å². The Morgan fingerprint density at radius 1 is 1.17 bits per heavy atom. The van der Waals surface area contributed by atoms with Gasteiger partial charge in [0, 0.05) is 28.8 Å². The number of nitrogens with zero attached hydrogens (tertiary/aromatic N) is 1. The smallest absolute Gasteiger partial charge is 0.255 e. The second-order valence-electron chi connectivity index (χ2n) is 5.54. The van der Waals surface area contributed by atoms with Crippen LogP contribution in [0.4, 0.5) is 11.4 Å². The third kappa shape index (κ3) is 3.67. The molecule has 1 fully saturated rings. The molecule has 0 spiro atoms. The lowest BCUT2D eigenvalue weighted by Crippen LogP contribution is -2.18. The fourth-order valence-electron chi connectivity index (χ4n) is 2.79. The third-order valence-electron chi connectivity index (χ3n) is 3.99. The zero-order valence-corrected chi connectivity index (χ0v) is 14.6. The predicted octanol–water partition coefficient (Wildman–Crippen LogP) is 4.31. The molecule has 2 aromatic rings. The van der Waals surface area contributed by atoms with E-state index in [1.165, 1.54) is 12.8 Å². The van der Waals surface area contributed by atoms with Gasteiger partial charge >= 0.3 is 0 Å². The molecule has 1 aliphatic heterocycles. The summed E-state index contributed by atoms with van der Waals surface area (Å²) < 4.78 is 6.26. The fourth-order valence-corrected chi connectivity index (χ4v) is 3.19. The maximum Gasteiger partial charge on any atom is 0.255 e. The Morgan fingerprint density at radius 3 is 2.65 bits per heavy atom. The predicted molar refractivity (Wildman–Crippen MR) is 96.5 cm³/mol. The van der Waals surface area contributed by atoms with E-state index >= 15 is 0 Å². The van der Waals surface area contributed by atoms with Gasteiger partial charge in [0.15, 0.2) is 0 Å². The quantitative estimate of drug-likeness (QED) is 0.866. The molecule has 1 aliphatic rings. The summed E-state index contributed by atoms with van der Waals surface area (Å²) in [5, 5.41) is 2.96. The number of benzene rings is 2. The van der Waals surface area contributed by atoms with Crippen molar-refractivity contribution in [1.29, 1.82) is 0 Å². The second-order valence-corrected chi connectivity index (χ2v) is 6.46. The highest BCUT2D eigenvalue weighted by molar-refractivity contribution is 9.10. The largest absolute Gasteiger partial charge is 0.495 e. The molecule has 2 aromatic carbocycles. The summed E-state index contributed by atoms with van der Waals surface area (Å²) >= 11 is 3.39. The minimum absolute atomic E-state index is 0.150. The summed E-state index contributed by atoms with van der Waals surface area (Å²) in [6, 6.07) is 13.3. The van der Waals surface area contributed by atoms with Crippen molar-refractivity contribution >= 4 is 33.2 Å². The van der Waals surface area contributed by atoms with E-state index in [4.69, 9.17) is 4.74 Å². The van der Waals surface area contributed by atoms with Gasteiger partial charge in [0.2, 0.25) is 0 Å². The van der Waals surface area contributed by atoms with Gasteiger partial charge in [-0.3, -0.25) is 4.79 Å². The number of methoxy groups -OCH3 is 1. The molecule has 0 aromatic heterocycles. The van der Waals surface area contributed by atoms with Crippen LogP contribution in [0, 0.1) is 0 Å². The average Bonchev–Trinajstić information content (AvgIpc) is 3.09. The summed E-state index contributed by atoms with van der Waals surface area (Å²) in [7, 11) is 1.61. The average molecular weight is 375 g/mol. The lowest BCUT2D eigenvalue weighted by molar-refractivity contribution is 0.102. The molecule has 1 saturated heterocycles. The standard InChI is InChI=1S/C18H19BrN2O2/c1-23-17-8-7-15(21-9-2-3-10-21)12-16(17)20-18(22)13-5-4-6-14(19)11-13/h4-8,11-12H,2-3,9-10H2,1H3,(H,20,22). The van der Waals surface area contributed by atoms with E-state index in [0.29, 0.717) is 17.0 Å². The first kappa shape index (κ1) is 15.9. The Morgan fingerprint density at radius 2 is 1.96 bits per heavy atom. The van der Waals surface area contributed by atoms with E-state index in [1.807, 2.05) is 30.3 Å². The Hall–Kier alpha value is -2.01. The van der Waals surface area contributed by atoms with Crippen LogP contribution in [-0.4, -0.2) is 26.1 Å². The highest BCUT2D eigenvalue weighted by Crippen LogP contribution is 2.31. The van der Waals surface area contributed by atoms with Gasteiger partial charge in [0.05, 0.1) is 12.8 Å². The van der Waals surface area contributed by atoms with Crippen molar-refractivity contribution in [2.45, 2.75) is 12.8 Å². The number of anilines is 2. The van der Waals surface area contributed by atoms with Gasteiger partial charge in [0.1, 0.15) is 5.75 Å². The topological polar surface area (TPSA) is 41.6 Å². The SMILES string of the molecule is COc1ccc(N2CCCC2)cc1NC(=O)c1cccc(Br)c1. The number of amides is 1. The van der Waals surface area contributed by atoms with Crippen molar-refractivity contribution in [3.63, 3.8) is 0 Å². The summed E-state index contributed by atoms with van der Waals surface area (Å²) in [6.45, 7) is 2.12. The first-order valence-corrected chi connectivity index (χ1v) is 8.46. The molecule has 0 unspecified atom stereocenters. The molecule has 0 aliphatic carbocycles. The van der Waals surface area contributed by atoms with Crippen molar-refractivity contribution in [3.8, 4) is 5.75 Å². The van der Waals surface area contributed by atoms with E-state index < -0.39 is 0 Å². The van der Waals surface area contributed by atoms with Gasteiger partial charge in [-0.1, -0.05) is 22.0 Å². The van der Waals surface area contributed by atoms with Crippen molar-refractivity contribution < 1.29 is 9.53 Å². The van der Waals surface area contributed by atoms with Crippen LogP contribution < -0.4 is 15.0 Å². The molecule has 0 radical (unpaired) electrons. The summed E-state index contributed by atoms with van der Waals surface area (Å²) in [6.07, 6.45) is 2.43. The van der Waals surface area contributed by atoms with E-state index in [0.717, 1.165) is 23.2 Å². The molecule has 5 heteroatoms. The molecule has 0 saturated carbocycles.